The molecule has 1 rings (SSSR count). The highest BCUT2D eigenvalue weighted by Gasteiger charge is 2.16. The second-order valence-corrected chi connectivity index (χ2v) is 4.90. The third-order valence-corrected chi connectivity index (χ3v) is 3.58. The molecule has 0 aliphatic rings. The lowest BCUT2D eigenvalue weighted by Gasteiger charge is -2.29. The SMILES string of the molecule is C=CCN(NC(=O)c1ccc(CC)cc1)C(CC)CC. The van der Waals surface area contributed by atoms with E-state index in [2.05, 4.69) is 32.8 Å². The van der Waals surface area contributed by atoms with Gasteiger partial charge in [0.1, 0.15) is 0 Å². The fourth-order valence-electron chi connectivity index (χ4n) is 2.24. The molecule has 0 fully saturated rings. The van der Waals surface area contributed by atoms with Crippen molar-refractivity contribution in [1.29, 1.82) is 0 Å². The van der Waals surface area contributed by atoms with Gasteiger partial charge in [0, 0.05) is 18.2 Å². The molecule has 0 radical (unpaired) electrons. The number of rotatable bonds is 8. The van der Waals surface area contributed by atoms with Gasteiger partial charge in [0.2, 0.25) is 0 Å². The molecule has 1 N–H and O–H groups in total. The van der Waals surface area contributed by atoms with Crippen LogP contribution in [0, 0.1) is 0 Å². The minimum absolute atomic E-state index is 0.0543. The fraction of sp³-hybridized carbons (Fsp3) is 0.471. The Bertz CT molecular complexity index is 421. The van der Waals surface area contributed by atoms with Crippen LogP contribution in [0.1, 0.15) is 49.5 Å². The Morgan fingerprint density at radius 1 is 1.25 bits per heavy atom. The summed E-state index contributed by atoms with van der Waals surface area (Å²) in [5.74, 6) is -0.0543. The Morgan fingerprint density at radius 2 is 1.85 bits per heavy atom. The van der Waals surface area contributed by atoms with Gasteiger partial charge < -0.3 is 0 Å². The predicted octanol–water partition coefficient (Wildman–Crippen LogP) is 3.57. The summed E-state index contributed by atoms with van der Waals surface area (Å²) in [5, 5.41) is 1.98. The van der Waals surface area contributed by atoms with Crippen LogP contribution in [0.4, 0.5) is 0 Å². The van der Waals surface area contributed by atoms with Gasteiger partial charge in [-0.05, 0) is 37.0 Å². The second-order valence-electron chi connectivity index (χ2n) is 4.90. The van der Waals surface area contributed by atoms with E-state index in [4.69, 9.17) is 0 Å². The minimum Gasteiger partial charge on any atom is -0.284 e. The standard InChI is InChI=1S/C17H26N2O/c1-5-13-19(16(7-3)8-4)18-17(20)15-11-9-14(6-2)10-12-15/h5,9-12,16H,1,6-8,13H2,2-4H3,(H,18,20). The van der Waals surface area contributed by atoms with Crippen LogP contribution in [0.3, 0.4) is 0 Å². The summed E-state index contributed by atoms with van der Waals surface area (Å²) in [6.45, 7) is 10.8. The van der Waals surface area contributed by atoms with Crippen molar-refractivity contribution in [2.45, 2.75) is 46.1 Å². The number of carbonyl (C=O) groups excluding carboxylic acids is 1. The van der Waals surface area contributed by atoms with E-state index in [1.165, 1.54) is 5.56 Å². The van der Waals surface area contributed by atoms with Crippen molar-refractivity contribution in [2.75, 3.05) is 6.54 Å². The quantitative estimate of drug-likeness (QED) is 0.580. The van der Waals surface area contributed by atoms with Crippen LogP contribution in [0.25, 0.3) is 0 Å². The molecule has 0 bridgehead atoms. The van der Waals surface area contributed by atoms with Crippen LogP contribution >= 0.6 is 0 Å². The molecule has 0 spiro atoms. The van der Waals surface area contributed by atoms with Crippen LogP contribution in [-0.2, 0) is 6.42 Å². The van der Waals surface area contributed by atoms with E-state index in [9.17, 15) is 4.79 Å². The number of amides is 1. The first-order chi connectivity index (χ1) is 9.65. The summed E-state index contributed by atoms with van der Waals surface area (Å²) in [5.41, 5.74) is 4.93. The van der Waals surface area contributed by atoms with Crippen LogP contribution in [0.15, 0.2) is 36.9 Å². The predicted molar refractivity (Wildman–Crippen MR) is 84.6 cm³/mol. The van der Waals surface area contributed by atoms with E-state index in [1.54, 1.807) is 0 Å². The van der Waals surface area contributed by atoms with Crippen molar-refractivity contribution in [3.8, 4) is 0 Å². The van der Waals surface area contributed by atoms with Crippen LogP contribution in [0.5, 0.6) is 0 Å². The van der Waals surface area contributed by atoms with E-state index in [-0.39, 0.29) is 5.91 Å². The summed E-state index contributed by atoms with van der Waals surface area (Å²) >= 11 is 0. The molecule has 3 nitrogen and oxygen atoms in total. The third-order valence-electron chi connectivity index (χ3n) is 3.58. The Kier molecular flexibility index (Phi) is 7.02. The van der Waals surface area contributed by atoms with Gasteiger partial charge in [0.25, 0.3) is 5.91 Å². The molecule has 0 heterocycles. The molecule has 0 aromatic heterocycles. The number of hydrogen-bond acceptors (Lipinski definition) is 2. The summed E-state index contributed by atoms with van der Waals surface area (Å²) in [6.07, 6.45) is 4.80. The van der Waals surface area contributed by atoms with Crippen molar-refractivity contribution in [1.82, 2.24) is 10.4 Å². The van der Waals surface area contributed by atoms with E-state index in [0.717, 1.165) is 19.3 Å². The lowest BCUT2D eigenvalue weighted by atomic mass is 10.1. The molecule has 1 amide bonds. The van der Waals surface area contributed by atoms with Crippen LogP contribution in [0.2, 0.25) is 0 Å². The van der Waals surface area contributed by atoms with Gasteiger partial charge in [-0.2, -0.15) is 0 Å². The number of nitrogens with one attached hydrogen (secondary N) is 1. The molecule has 0 saturated carbocycles. The smallest absolute Gasteiger partial charge is 0.265 e. The molecule has 0 aliphatic heterocycles. The minimum atomic E-state index is -0.0543. The molecule has 0 saturated heterocycles. The van der Waals surface area contributed by atoms with E-state index in [0.29, 0.717) is 18.2 Å². The lowest BCUT2D eigenvalue weighted by Crippen LogP contribution is -2.48. The summed E-state index contributed by atoms with van der Waals surface area (Å²) < 4.78 is 0. The number of hydrogen-bond donors (Lipinski definition) is 1. The fourth-order valence-corrected chi connectivity index (χ4v) is 2.24. The summed E-state index contributed by atoms with van der Waals surface area (Å²) in [6, 6.07) is 8.11. The molecular formula is C17H26N2O. The van der Waals surface area contributed by atoms with Gasteiger partial charge in [0.15, 0.2) is 0 Å². The Hall–Kier alpha value is -1.61. The highest BCUT2D eigenvalue weighted by atomic mass is 16.2. The van der Waals surface area contributed by atoms with Crippen molar-refractivity contribution in [2.24, 2.45) is 0 Å². The maximum Gasteiger partial charge on any atom is 0.265 e. The topological polar surface area (TPSA) is 32.3 Å². The number of carbonyl (C=O) groups is 1. The normalized spacial score (nSPS) is 10.8. The molecule has 1 aromatic rings. The first-order valence-corrected chi connectivity index (χ1v) is 7.43. The first-order valence-electron chi connectivity index (χ1n) is 7.43. The number of nitrogens with zero attached hydrogens (tertiary/aromatic N) is 1. The zero-order chi connectivity index (χ0) is 15.0. The molecule has 3 heteroatoms. The lowest BCUT2D eigenvalue weighted by molar-refractivity contribution is 0.0707. The molecule has 110 valence electrons. The van der Waals surface area contributed by atoms with E-state index in [1.807, 2.05) is 35.4 Å². The molecule has 0 atom stereocenters. The molecule has 0 aliphatic carbocycles. The van der Waals surface area contributed by atoms with E-state index < -0.39 is 0 Å². The van der Waals surface area contributed by atoms with Gasteiger partial charge in [-0.15, -0.1) is 6.58 Å². The third kappa shape index (κ3) is 4.49. The van der Waals surface area contributed by atoms with Gasteiger partial charge in [-0.25, -0.2) is 5.01 Å². The summed E-state index contributed by atoms with van der Waals surface area (Å²) in [4.78, 5) is 12.3. The first kappa shape index (κ1) is 16.4. The second kappa shape index (κ2) is 8.54. The molecule has 1 aromatic carbocycles. The maximum absolute atomic E-state index is 12.3. The zero-order valence-corrected chi connectivity index (χ0v) is 12.9. The number of hydrazine groups is 1. The van der Waals surface area contributed by atoms with Crippen molar-refractivity contribution < 1.29 is 4.79 Å². The molecule has 0 unspecified atom stereocenters. The highest BCUT2D eigenvalue weighted by molar-refractivity contribution is 5.93. The largest absolute Gasteiger partial charge is 0.284 e. The Labute approximate surface area is 122 Å². The Balaban J connectivity index is 2.75. The van der Waals surface area contributed by atoms with Gasteiger partial charge in [0.05, 0.1) is 0 Å². The van der Waals surface area contributed by atoms with E-state index >= 15 is 0 Å². The maximum atomic E-state index is 12.3. The molecular weight excluding hydrogens is 248 g/mol. The average molecular weight is 274 g/mol. The van der Waals surface area contributed by atoms with Crippen molar-refractivity contribution in [3.05, 3.63) is 48.0 Å². The average Bonchev–Trinajstić information content (AvgIpc) is 2.48. The molecule has 20 heavy (non-hydrogen) atoms. The van der Waals surface area contributed by atoms with Crippen molar-refractivity contribution in [3.63, 3.8) is 0 Å². The number of aryl methyl sites for hydroxylation is 1. The van der Waals surface area contributed by atoms with Crippen LogP contribution < -0.4 is 5.43 Å². The highest BCUT2D eigenvalue weighted by Crippen LogP contribution is 2.09. The monoisotopic (exact) mass is 274 g/mol. The van der Waals surface area contributed by atoms with Crippen molar-refractivity contribution >= 4 is 5.91 Å². The Morgan fingerprint density at radius 3 is 2.30 bits per heavy atom. The van der Waals surface area contributed by atoms with Gasteiger partial charge in [-0.1, -0.05) is 39.0 Å². The van der Waals surface area contributed by atoms with Gasteiger partial charge in [-0.3, -0.25) is 10.2 Å². The summed E-state index contributed by atoms with van der Waals surface area (Å²) in [7, 11) is 0. The zero-order valence-electron chi connectivity index (χ0n) is 12.9. The van der Waals surface area contributed by atoms with Crippen LogP contribution in [-0.4, -0.2) is 23.5 Å². The number of benzene rings is 1. The van der Waals surface area contributed by atoms with Gasteiger partial charge >= 0.3 is 0 Å².